The lowest BCUT2D eigenvalue weighted by Gasteiger charge is -2.32. The minimum atomic E-state index is -3.80. The van der Waals surface area contributed by atoms with Crippen molar-refractivity contribution in [3.63, 3.8) is 0 Å². The van der Waals surface area contributed by atoms with E-state index in [1.54, 1.807) is 12.1 Å². The molecule has 1 heterocycles. The molecule has 7 aromatic carbocycles. The molecule has 40 heavy (non-hydrogen) atoms. The molecule has 4 heteroatoms. The van der Waals surface area contributed by atoms with Crippen LogP contribution in [0.3, 0.4) is 0 Å². The number of fused-ring (bicyclic) bond motifs is 9. The lowest BCUT2D eigenvalue weighted by atomic mass is 9.92. The van der Waals surface area contributed by atoms with Crippen LogP contribution in [0.2, 0.25) is 0 Å². The van der Waals surface area contributed by atoms with Gasteiger partial charge in [-0.05, 0) is 73.8 Å². The zero-order valence-electron chi connectivity index (χ0n) is 21.5. The maximum absolute atomic E-state index is 14.0. The molecule has 8 rings (SSSR count). The van der Waals surface area contributed by atoms with Crippen molar-refractivity contribution in [2.24, 2.45) is 0 Å². The zero-order chi connectivity index (χ0) is 26.8. The fourth-order valence-corrected chi connectivity index (χ4v) is 7.91. The third-order valence-electron chi connectivity index (χ3n) is 7.98. The second-order valence-corrected chi connectivity index (χ2v) is 11.9. The van der Waals surface area contributed by atoms with Crippen molar-refractivity contribution in [1.29, 1.82) is 0 Å². The van der Waals surface area contributed by atoms with Gasteiger partial charge in [0.05, 0.1) is 16.3 Å². The van der Waals surface area contributed by atoms with Crippen LogP contribution in [0.15, 0.2) is 144 Å². The highest BCUT2D eigenvalue weighted by Gasteiger charge is 2.35. The smallest absolute Gasteiger partial charge is 0.234 e. The number of hydrogen-bond acceptors (Lipinski definition) is 2. The molecule has 0 unspecified atom stereocenters. The van der Waals surface area contributed by atoms with Crippen LogP contribution in [0.25, 0.3) is 54.6 Å². The van der Waals surface area contributed by atoms with E-state index in [-0.39, 0.29) is 0 Å². The molecule has 0 radical (unpaired) electrons. The van der Waals surface area contributed by atoms with Gasteiger partial charge in [0.1, 0.15) is 0 Å². The van der Waals surface area contributed by atoms with Crippen LogP contribution < -0.4 is 4.31 Å². The topological polar surface area (TPSA) is 37.4 Å². The normalized spacial score (nSPS) is 13.8. The summed E-state index contributed by atoms with van der Waals surface area (Å²) in [6.45, 7) is 0. The Hall–Kier alpha value is -4.93. The lowest BCUT2D eigenvalue weighted by molar-refractivity contribution is 0.596. The van der Waals surface area contributed by atoms with Crippen molar-refractivity contribution < 1.29 is 8.42 Å². The average Bonchev–Trinajstić information content (AvgIpc) is 3.01. The van der Waals surface area contributed by atoms with Crippen LogP contribution in [-0.4, -0.2) is 8.42 Å². The van der Waals surface area contributed by atoms with E-state index in [1.807, 2.05) is 60.7 Å². The monoisotopic (exact) mass is 533 g/mol. The van der Waals surface area contributed by atoms with Gasteiger partial charge in [0.25, 0.3) is 10.0 Å². The largest absolute Gasteiger partial charge is 0.269 e. The molecule has 0 saturated carbocycles. The Balaban J connectivity index is 1.33. The number of benzene rings is 7. The maximum Gasteiger partial charge on any atom is 0.269 e. The summed E-state index contributed by atoms with van der Waals surface area (Å²) in [6, 6.07) is 46.4. The van der Waals surface area contributed by atoms with Gasteiger partial charge in [0.2, 0.25) is 0 Å². The predicted octanol–water partition coefficient (Wildman–Crippen LogP) is 9.32. The Morgan fingerprint density at radius 2 is 0.975 bits per heavy atom. The highest BCUT2D eigenvalue weighted by molar-refractivity contribution is 7.93. The summed E-state index contributed by atoms with van der Waals surface area (Å²) in [5.74, 6) is 0. The van der Waals surface area contributed by atoms with Gasteiger partial charge in [-0.1, -0.05) is 109 Å². The van der Waals surface area contributed by atoms with Crippen molar-refractivity contribution >= 4 is 53.7 Å². The minimum absolute atomic E-state index is 0.322. The van der Waals surface area contributed by atoms with Crippen LogP contribution >= 0.6 is 0 Å². The molecular weight excluding hydrogens is 510 g/mol. The van der Waals surface area contributed by atoms with Crippen LogP contribution in [0.1, 0.15) is 0 Å². The third-order valence-corrected chi connectivity index (χ3v) is 9.78. The maximum atomic E-state index is 14.0. The summed E-state index contributed by atoms with van der Waals surface area (Å²) in [7, 11) is -3.80. The van der Waals surface area contributed by atoms with E-state index in [1.165, 1.54) is 36.6 Å². The molecule has 190 valence electrons. The summed E-state index contributed by atoms with van der Waals surface area (Å²) in [6.07, 6.45) is 0. The summed E-state index contributed by atoms with van der Waals surface area (Å²) in [5, 5.41) is 7.30. The second-order valence-electron chi connectivity index (χ2n) is 10.2. The van der Waals surface area contributed by atoms with E-state index >= 15 is 0 Å². The summed E-state index contributed by atoms with van der Waals surface area (Å²) >= 11 is 0. The summed E-state index contributed by atoms with van der Waals surface area (Å²) in [5.41, 5.74) is 4.92. The molecule has 0 spiro atoms. The Kier molecular flexibility index (Phi) is 4.91. The number of anilines is 2. The number of rotatable bonds is 2. The highest BCUT2D eigenvalue weighted by Crippen LogP contribution is 2.47. The average molecular weight is 534 g/mol. The third kappa shape index (κ3) is 3.26. The van der Waals surface area contributed by atoms with E-state index in [0.717, 1.165) is 22.3 Å². The molecule has 1 aliphatic rings. The predicted molar refractivity (Wildman–Crippen MR) is 166 cm³/mol. The standard InChI is InChI=1S/C36H23NO2S/c38-40(39)36-19-8-6-17-33(36)32-16-5-7-18-35(32)37(40)26-11-9-10-24(22-26)25-20-21-31-29-14-2-1-12-27(29)28-13-3-4-15-30(28)34(31)23-25/h1-23H. The SMILES string of the molecule is O=S1(=O)c2ccccc2-c2ccccc2N1c1cccc(-c2ccc3c4ccccc4c4ccccc4c3c2)c1. The first kappa shape index (κ1) is 23.0. The van der Waals surface area contributed by atoms with Crippen LogP contribution in [0, 0.1) is 0 Å². The van der Waals surface area contributed by atoms with Crippen LogP contribution in [-0.2, 0) is 10.0 Å². The second kappa shape index (κ2) is 8.54. The van der Waals surface area contributed by atoms with Crippen molar-refractivity contribution in [3.8, 4) is 22.3 Å². The molecular formula is C36H23NO2S. The van der Waals surface area contributed by atoms with Crippen molar-refractivity contribution in [2.75, 3.05) is 4.31 Å². The van der Waals surface area contributed by atoms with Gasteiger partial charge < -0.3 is 0 Å². The Morgan fingerprint density at radius 1 is 0.425 bits per heavy atom. The fraction of sp³-hybridized carbons (Fsp3) is 0. The van der Waals surface area contributed by atoms with Gasteiger partial charge in [-0.2, -0.15) is 0 Å². The number of nitrogens with zero attached hydrogens (tertiary/aromatic N) is 1. The van der Waals surface area contributed by atoms with Crippen molar-refractivity contribution in [2.45, 2.75) is 4.90 Å². The molecule has 0 aliphatic carbocycles. The summed E-state index contributed by atoms with van der Waals surface area (Å²) < 4.78 is 29.5. The van der Waals surface area contributed by atoms with Crippen molar-refractivity contribution in [3.05, 3.63) is 140 Å². The summed E-state index contributed by atoms with van der Waals surface area (Å²) in [4.78, 5) is 0.322. The van der Waals surface area contributed by atoms with E-state index in [2.05, 4.69) is 66.7 Å². The Labute approximate surface area is 232 Å². The fourth-order valence-electron chi connectivity index (χ4n) is 6.20. The molecule has 0 aromatic heterocycles. The zero-order valence-corrected chi connectivity index (χ0v) is 22.3. The van der Waals surface area contributed by atoms with Gasteiger partial charge in [-0.3, -0.25) is 0 Å². The van der Waals surface area contributed by atoms with Gasteiger partial charge >= 0.3 is 0 Å². The molecule has 1 aliphatic heterocycles. The van der Waals surface area contributed by atoms with E-state index in [0.29, 0.717) is 16.3 Å². The molecule has 0 N–H and O–H groups in total. The number of hydrogen-bond donors (Lipinski definition) is 0. The first-order valence-electron chi connectivity index (χ1n) is 13.3. The van der Waals surface area contributed by atoms with Crippen LogP contribution in [0.5, 0.6) is 0 Å². The molecule has 0 atom stereocenters. The van der Waals surface area contributed by atoms with Gasteiger partial charge in [-0.25, -0.2) is 12.7 Å². The number of sulfonamides is 1. The van der Waals surface area contributed by atoms with Gasteiger partial charge in [0.15, 0.2) is 0 Å². The van der Waals surface area contributed by atoms with Gasteiger partial charge in [-0.15, -0.1) is 0 Å². The first-order chi connectivity index (χ1) is 19.6. The molecule has 0 fully saturated rings. The van der Waals surface area contributed by atoms with E-state index in [9.17, 15) is 8.42 Å². The van der Waals surface area contributed by atoms with Gasteiger partial charge in [0, 0.05) is 11.1 Å². The highest BCUT2D eigenvalue weighted by atomic mass is 32.2. The molecule has 3 nitrogen and oxygen atoms in total. The van der Waals surface area contributed by atoms with E-state index < -0.39 is 10.0 Å². The Morgan fingerprint density at radius 3 is 1.70 bits per heavy atom. The van der Waals surface area contributed by atoms with Crippen molar-refractivity contribution in [1.82, 2.24) is 0 Å². The Bertz CT molecular complexity index is 2220. The quantitative estimate of drug-likeness (QED) is 0.208. The molecule has 7 aromatic rings. The lowest BCUT2D eigenvalue weighted by Crippen LogP contribution is -2.30. The molecule has 0 saturated heterocycles. The number of para-hydroxylation sites is 1. The molecule has 0 amide bonds. The minimum Gasteiger partial charge on any atom is -0.234 e. The van der Waals surface area contributed by atoms with E-state index in [4.69, 9.17) is 0 Å². The van der Waals surface area contributed by atoms with Crippen LogP contribution in [0.4, 0.5) is 11.4 Å². The molecule has 0 bridgehead atoms. The first-order valence-corrected chi connectivity index (χ1v) is 14.7.